The second-order valence-corrected chi connectivity index (χ2v) is 3.70. The first-order valence-corrected chi connectivity index (χ1v) is 5.07. The van der Waals surface area contributed by atoms with E-state index in [9.17, 15) is 0 Å². The number of anilines is 1. The lowest BCUT2D eigenvalue weighted by molar-refractivity contribution is 1.03. The van der Waals surface area contributed by atoms with Gasteiger partial charge in [0, 0.05) is 6.20 Å². The summed E-state index contributed by atoms with van der Waals surface area (Å²) >= 11 is 1.44. The number of nitrogens with zero attached hydrogens (tertiary/aromatic N) is 3. The lowest BCUT2D eigenvalue weighted by Gasteiger charge is -2.01. The van der Waals surface area contributed by atoms with Gasteiger partial charge >= 0.3 is 0 Å². The summed E-state index contributed by atoms with van der Waals surface area (Å²) in [5, 5.41) is 1.63. The van der Waals surface area contributed by atoms with Gasteiger partial charge in [0.25, 0.3) is 0 Å². The number of aromatic nitrogens is 3. The number of nitrogens with two attached hydrogens (primary N) is 1. The van der Waals surface area contributed by atoms with E-state index in [1.54, 1.807) is 18.6 Å². The molecule has 3 N–H and O–H groups in total. The SMILES string of the molecule is NNc1cncc(Sc2ccccn2)n1. The van der Waals surface area contributed by atoms with Gasteiger partial charge in [0.1, 0.15) is 10.1 Å². The van der Waals surface area contributed by atoms with Crippen molar-refractivity contribution in [2.75, 3.05) is 5.43 Å². The van der Waals surface area contributed by atoms with Crippen LogP contribution in [0.1, 0.15) is 0 Å². The van der Waals surface area contributed by atoms with E-state index in [0.717, 1.165) is 10.1 Å². The Morgan fingerprint density at radius 3 is 2.87 bits per heavy atom. The standard InChI is InChI=1S/C9H9N5S/c10-14-7-5-11-6-9(13-7)15-8-3-1-2-4-12-8/h1-6H,10H2,(H,13,14). The molecule has 0 saturated carbocycles. The highest BCUT2D eigenvalue weighted by Crippen LogP contribution is 2.23. The average molecular weight is 219 g/mol. The summed E-state index contributed by atoms with van der Waals surface area (Å²) in [6, 6.07) is 5.70. The maximum atomic E-state index is 5.23. The number of hydrazine groups is 1. The van der Waals surface area contributed by atoms with Crippen molar-refractivity contribution >= 4 is 17.6 Å². The molecule has 0 saturated heterocycles. The van der Waals surface area contributed by atoms with Gasteiger partial charge in [-0.25, -0.2) is 15.8 Å². The van der Waals surface area contributed by atoms with Gasteiger partial charge in [0.05, 0.1) is 12.4 Å². The summed E-state index contributed by atoms with van der Waals surface area (Å²) in [5.74, 6) is 5.77. The van der Waals surface area contributed by atoms with E-state index in [4.69, 9.17) is 5.84 Å². The first-order chi connectivity index (χ1) is 7.38. The molecule has 0 aromatic carbocycles. The molecular weight excluding hydrogens is 210 g/mol. The van der Waals surface area contributed by atoms with Gasteiger partial charge in [-0.05, 0) is 23.9 Å². The van der Waals surface area contributed by atoms with Crippen molar-refractivity contribution in [1.29, 1.82) is 0 Å². The highest BCUT2D eigenvalue weighted by molar-refractivity contribution is 7.99. The summed E-state index contributed by atoms with van der Waals surface area (Å²) in [6.07, 6.45) is 4.96. The molecule has 0 radical (unpaired) electrons. The Balaban J connectivity index is 2.17. The Kier molecular flexibility index (Phi) is 3.11. The van der Waals surface area contributed by atoms with E-state index in [0.29, 0.717) is 5.82 Å². The van der Waals surface area contributed by atoms with E-state index < -0.39 is 0 Å². The van der Waals surface area contributed by atoms with Crippen molar-refractivity contribution in [3.63, 3.8) is 0 Å². The quantitative estimate of drug-likeness (QED) is 0.598. The van der Waals surface area contributed by atoms with Gasteiger partial charge in [-0.3, -0.25) is 4.98 Å². The minimum atomic E-state index is 0.538. The molecule has 6 heteroatoms. The molecule has 15 heavy (non-hydrogen) atoms. The van der Waals surface area contributed by atoms with Gasteiger partial charge < -0.3 is 5.43 Å². The van der Waals surface area contributed by atoms with Gasteiger partial charge in [-0.1, -0.05) is 6.07 Å². The third-order valence-electron chi connectivity index (χ3n) is 1.61. The zero-order chi connectivity index (χ0) is 10.5. The molecule has 0 fully saturated rings. The highest BCUT2D eigenvalue weighted by atomic mass is 32.2. The maximum absolute atomic E-state index is 5.23. The number of rotatable bonds is 3. The van der Waals surface area contributed by atoms with E-state index in [1.807, 2.05) is 18.2 Å². The number of hydrogen-bond acceptors (Lipinski definition) is 6. The Morgan fingerprint density at radius 1 is 1.20 bits per heavy atom. The molecule has 2 aromatic rings. The maximum Gasteiger partial charge on any atom is 0.159 e. The lowest BCUT2D eigenvalue weighted by atomic mass is 10.5. The van der Waals surface area contributed by atoms with E-state index in [1.165, 1.54) is 11.8 Å². The molecule has 0 atom stereocenters. The van der Waals surface area contributed by atoms with Crippen LogP contribution >= 0.6 is 11.8 Å². The van der Waals surface area contributed by atoms with E-state index >= 15 is 0 Å². The molecule has 0 bridgehead atoms. The Morgan fingerprint density at radius 2 is 2.13 bits per heavy atom. The molecule has 2 aromatic heterocycles. The van der Waals surface area contributed by atoms with Crippen LogP contribution in [0.3, 0.4) is 0 Å². The van der Waals surface area contributed by atoms with Crippen molar-refractivity contribution < 1.29 is 0 Å². The fourth-order valence-corrected chi connectivity index (χ4v) is 1.71. The van der Waals surface area contributed by atoms with Crippen LogP contribution in [0, 0.1) is 0 Å². The second-order valence-electron chi connectivity index (χ2n) is 2.66. The third kappa shape index (κ3) is 2.64. The molecule has 76 valence electrons. The summed E-state index contributed by atoms with van der Waals surface area (Å²) in [5.41, 5.74) is 2.45. The summed E-state index contributed by atoms with van der Waals surface area (Å²) in [7, 11) is 0. The van der Waals surface area contributed by atoms with E-state index in [-0.39, 0.29) is 0 Å². The number of nitrogens with one attached hydrogen (secondary N) is 1. The van der Waals surface area contributed by atoms with Crippen LogP contribution in [0.5, 0.6) is 0 Å². The molecule has 0 aliphatic heterocycles. The molecule has 0 aliphatic rings. The first-order valence-electron chi connectivity index (χ1n) is 4.26. The summed E-state index contributed by atoms with van der Waals surface area (Å²) in [6.45, 7) is 0. The smallest absolute Gasteiger partial charge is 0.159 e. The van der Waals surface area contributed by atoms with Crippen LogP contribution in [0.2, 0.25) is 0 Å². The van der Waals surface area contributed by atoms with Crippen molar-refractivity contribution in [3.8, 4) is 0 Å². The van der Waals surface area contributed by atoms with Crippen LogP contribution in [0.15, 0.2) is 46.8 Å². The molecule has 2 rings (SSSR count). The summed E-state index contributed by atoms with van der Waals surface area (Å²) in [4.78, 5) is 12.4. The monoisotopic (exact) mass is 219 g/mol. The number of nitrogen functional groups attached to an aromatic ring is 1. The fourth-order valence-electron chi connectivity index (χ4n) is 0.981. The minimum absolute atomic E-state index is 0.538. The summed E-state index contributed by atoms with van der Waals surface area (Å²) < 4.78 is 0. The third-order valence-corrected chi connectivity index (χ3v) is 2.46. The molecule has 0 unspecified atom stereocenters. The van der Waals surface area contributed by atoms with Crippen molar-refractivity contribution in [3.05, 3.63) is 36.8 Å². The van der Waals surface area contributed by atoms with Crippen LogP contribution in [0.4, 0.5) is 5.82 Å². The molecule has 0 aliphatic carbocycles. The second kappa shape index (κ2) is 4.72. The number of hydrogen-bond donors (Lipinski definition) is 2. The molecule has 2 heterocycles. The van der Waals surface area contributed by atoms with Gasteiger partial charge in [-0.15, -0.1) is 0 Å². The molecule has 0 amide bonds. The molecule has 5 nitrogen and oxygen atoms in total. The zero-order valence-corrected chi connectivity index (χ0v) is 8.61. The lowest BCUT2D eigenvalue weighted by Crippen LogP contribution is -2.08. The average Bonchev–Trinajstić information content (AvgIpc) is 2.31. The van der Waals surface area contributed by atoms with Crippen molar-refractivity contribution in [1.82, 2.24) is 15.0 Å². The Labute approximate surface area is 91.1 Å². The molecule has 0 spiro atoms. The largest absolute Gasteiger partial charge is 0.307 e. The van der Waals surface area contributed by atoms with Crippen molar-refractivity contribution in [2.24, 2.45) is 5.84 Å². The number of pyridine rings is 1. The Hall–Kier alpha value is -1.66. The Bertz CT molecular complexity index is 434. The van der Waals surface area contributed by atoms with Crippen LogP contribution < -0.4 is 11.3 Å². The van der Waals surface area contributed by atoms with Crippen LogP contribution in [-0.4, -0.2) is 15.0 Å². The van der Waals surface area contributed by atoms with Gasteiger partial charge in [0.15, 0.2) is 5.82 Å². The van der Waals surface area contributed by atoms with E-state index in [2.05, 4.69) is 20.4 Å². The van der Waals surface area contributed by atoms with Crippen LogP contribution in [-0.2, 0) is 0 Å². The predicted molar refractivity (Wildman–Crippen MR) is 58.2 cm³/mol. The topological polar surface area (TPSA) is 76.7 Å². The first kappa shape index (κ1) is 9.88. The van der Waals surface area contributed by atoms with Crippen molar-refractivity contribution in [2.45, 2.75) is 10.1 Å². The van der Waals surface area contributed by atoms with Gasteiger partial charge in [0.2, 0.25) is 0 Å². The highest BCUT2D eigenvalue weighted by Gasteiger charge is 2.00. The molecular formula is C9H9N5S. The zero-order valence-electron chi connectivity index (χ0n) is 7.79. The van der Waals surface area contributed by atoms with Gasteiger partial charge in [-0.2, -0.15) is 0 Å². The van der Waals surface area contributed by atoms with Crippen LogP contribution in [0.25, 0.3) is 0 Å². The minimum Gasteiger partial charge on any atom is -0.307 e. The fraction of sp³-hybridized carbons (Fsp3) is 0. The normalized spacial score (nSPS) is 9.93. The predicted octanol–water partition coefficient (Wildman–Crippen LogP) is 1.31.